The molecule has 0 amide bonds. The molecule has 0 radical (unpaired) electrons. The van der Waals surface area contributed by atoms with E-state index in [4.69, 9.17) is 0 Å². The molecule has 2 unspecified atom stereocenters. The SMILES string of the molecule is CCN(c1nc2c(s1)CCC2C(=O)O)C(C)CN(C)C. The Hall–Kier alpha value is -1.14. The zero-order valence-electron chi connectivity index (χ0n) is 12.6. The standard InChI is InChI=1S/C14H23N3O2S/c1-5-17(9(2)8-16(3)4)14-15-12-10(13(18)19)6-7-11(12)20-14/h9-10H,5-8H2,1-4H3,(H,18,19). The van der Waals surface area contributed by atoms with Crippen LogP contribution in [0.25, 0.3) is 0 Å². The highest BCUT2D eigenvalue weighted by atomic mass is 32.1. The van der Waals surface area contributed by atoms with Gasteiger partial charge in [-0.1, -0.05) is 0 Å². The molecular weight excluding hydrogens is 274 g/mol. The van der Waals surface area contributed by atoms with Crippen LogP contribution >= 0.6 is 11.3 Å². The van der Waals surface area contributed by atoms with Gasteiger partial charge >= 0.3 is 5.97 Å². The molecule has 1 aromatic rings. The Kier molecular flexibility index (Phi) is 4.65. The van der Waals surface area contributed by atoms with Gasteiger partial charge in [0.05, 0.1) is 5.69 Å². The average molecular weight is 297 g/mol. The molecule has 0 aromatic carbocycles. The molecule has 0 bridgehead atoms. The summed E-state index contributed by atoms with van der Waals surface area (Å²) in [5.74, 6) is -1.15. The first-order chi connectivity index (χ1) is 9.43. The van der Waals surface area contributed by atoms with Gasteiger partial charge in [-0.15, -0.1) is 11.3 Å². The minimum atomic E-state index is -0.745. The average Bonchev–Trinajstić information content (AvgIpc) is 2.87. The van der Waals surface area contributed by atoms with E-state index in [0.717, 1.165) is 35.2 Å². The molecule has 0 spiro atoms. The summed E-state index contributed by atoms with van der Waals surface area (Å²) in [6, 6.07) is 0.365. The van der Waals surface area contributed by atoms with Gasteiger partial charge in [0.1, 0.15) is 5.92 Å². The number of aryl methyl sites for hydroxylation is 1. The second-order valence-electron chi connectivity index (χ2n) is 5.63. The summed E-state index contributed by atoms with van der Waals surface area (Å²) in [6.07, 6.45) is 1.55. The van der Waals surface area contributed by atoms with Crippen molar-refractivity contribution >= 4 is 22.4 Å². The van der Waals surface area contributed by atoms with Gasteiger partial charge in [0.2, 0.25) is 0 Å². The van der Waals surface area contributed by atoms with Crippen molar-refractivity contribution in [2.45, 2.75) is 38.6 Å². The normalized spacial score (nSPS) is 19.1. The molecule has 1 aliphatic rings. The minimum Gasteiger partial charge on any atom is -0.481 e. The quantitative estimate of drug-likeness (QED) is 0.871. The van der Waals surface area contributed by atoms with Crippen LogP contribution in [-0.2, 0) is 11.2 Å². The van der Waals surface area contributed by atoms with Crippen LogP contribution in [0.15, 0.2) is 0 Å². The summed E-state index contributed by atoms with van der Waals surface area (Å²) in [5, 5.41) is 10.2. The van der Waals surface area contributed by atoms with Gasteiger partial charge in [-0.2, -0.15) is 0 Å². The maximum absolute atomic E-state index is 11.2. The number of rotatable bonds is 6. The van der Waals surface area contributed by atoms with Crippen molar-refractivity contribution in [3.63, 3.8) is 0 Å². The lowest BCUT2D eigenvalue weighted by molar-refractivity contribution is -0.138. The lowest BCUT2D eigenvalue weighted by atomic mass is 10.1. The van der Waals surface area contributed by atoms with E-state index >= 15 is 0 Å². The molecule has 0 aliphatic heterocycles. The number of carboxylic acids is 1. The molecule has 1 aromatic heterocycles. The second-order valence-corrected chi connectivity index (χ2v) is 6.69. The molecular formula is C14H23N3O2S. The fourth-order valence-electron chi connectivity index (χ4n) is 2.84. The Balaban J connectivity index is 2.20. The van der Waals surface area contributed by atoms with Crippen molar-refractivity contribution in [3.8, 4) is 0 Å². The van der Waals surface area contributed by atoms with Crippen LogP contribution in [0, 0.1) is 0 Å². The summed E-state index contributed by atoms with van der Waals surface area (Å²) < 4.78 is 0. The Morgan fingerprint density at radius 3 is 2.80 bits per heavy atom. The highest BCUT2D eigenvalue weighted by molar-refractivity contribution is 7.15. The van der Waals surface area contributed by atoms with Gasteiger partial charge in [0.25, 0.3) is 0 Å². The molecule has 1 aliphatic carbocycles. The van der Waals surface area contributed by atoms with E-state index < -0.39 is 11.9 Å². The van der Waals surface area contributed by atoms with E-state index in [2.05, 4.69) is 42.7 Å². The topological polar surface area (TPSA) is 56.7 Å². The molecule has 5 nitrogen and oxygen atoms in total. The number of carboxylic acid groups (broad SMARTS) is 1. The number of fused-ring (bicyclic) bond motifs is 1. The summed E-state index contributed by atoms with van der Waals surface area (Å²) in [5.41, 5.74) is 0.799. The van der Waals surface area contributed by atoms with Crippen LogP contribution in [0.5, 0.6) is 0 Å². The predicted octanol–water partition coefficient (Wildman–Crippen LogP) is 2.03. The van der Waals surface area contributed by atoms with Crippen molar-refractivity contribution in [2.24, 2.45) is 0 Å². The van der Waals surface area contributed by atoms with Crippen molar-refractivity contribution < 1.29 is 9.90 Å². The third kappa shape index (κ3) is 2.96. The van der Waals surface area contributed by atoms with E-state index in [1.54, 1.807) is 11.3 Å². The van der Waals surface area contributed by atoms with Crippen molar-refractivity contribution in [2.75, 3.05) is 32.1 Å². The number of nitrogens with zero attached hydrogens (tertiary/aromatic N) is 3. The Bertz CT molecular complexity index is 487. The van der Waals surface area contributed by atoms with Crippen LogP contribution < -0.4 is 4.90 Å². The van der Waals surface area contributed by atoms with Gasteiger partial charge in [0.15, 0.2) is 5.13 Å². The first kappa shape index (κ1) is 15.3. The summed E-state index contributed by atoms with van der Waals surface area (Å²) >= 11 is 1.66. The summed E-state index contributed by atoms with van der Waals surface area (Å²) in [6.45, 7) is 6.15. The molecule has 0 saturated carbocycles. The number of aromatic nitrogens is 1. The van der Waals surface area contributed by atoms with E-state index in [1.807, 2.05) is 0 Å². The number of aliphatic carboxylic acids is 1. The minimum absolute atomic E-state index is 0.365. The van der Waals surface area contributed by atoms with Crippen LogP contribution in [-0.4, -0.2) is 54.2 Å². The van der Waals surface area contributed by atoms with Crippen molar-refractivity contribution in [1.29, 1.82) is 0 Å². The highest BCUT2D eigenvalue weighted by Crippen LogP contribution is 2.39. The predicted molar refractivity (Wildman–Crippen MR) is 81.8 cm³/mol. The Morgan fingerprint density at radius 2 is 2.25 bits per heavy atom. The molecule has 0 fully saturated rings. The number of likely N-dealkylation sites (N-methyl/N-ethyl adjacent to an activating group) is 2. The van der Waals surface area contributed by atoms with Crippen LogP contribution in [0.3, 0.4) is 0 Å². The molecule has 1 N–H and O–H groups in total. The lowest BCUT2D eigenvalue weighted by Gasteiger charge is -2.29. The highest BCUT2D eigenvalue weighted by Gasteiger charge is 2.33. The van der Waals surface area contributed by atoms with Crippen molar-refractivity contribution in [3.05, 3.63) is 10.6 Å². The van der Waals surface area contributed by atoms with E-state index in [0.29, 0.717) is 12.5 Å². The number of hydrogen-bond donors (Lipinski definition) is 1. The molecule has 2 atom stereocenters. The van der Waals surface area contributed by atoms with Gasteiger partial charge in [-0.3, -0.25) is 4.79 Å². The maximum Gasteiger partial charge on any atom is 0.312 e. The maximum atomic E-state index is 11.2. The third-order valence-electron chi connectivity index (χ3n) is 3.75. The number of hydrogen-bond acceptors (Lipinski definition) is 5. The zero-order valence-corrected chi connectivity index (χ0v) is 13.4. The molecule has 2 rings (SSSR count). The Morgan fingerprint density at radius 1 is 1.55 bits per heavy atom. The van der Waals surface area contributed by atoms with Crippen LogP contribution in [0.2, 0.25) is 0 Å². The monoisotopic (exact) mass is 297 g/mol. The molecule has 1 heterocycles. The van der Waals surface area contributed by atoms with Gasteiger partial charge < -0.3 is 14.9 Å². The van der Waals surface area contributed by atoms with Gasteiger partial charge in [-0.05, 0) is 40.8 Å². The lowest BCUT2D eigenvalue weighted by Crippen LogP contribution is -2.40. The molecule has 112 valence electrons. The largest absolute Gasteiger partial charge is 0.481 e. The first-order valence-electron chi connectivity index (χ1n) is 7.07. The Labute approximate surface area is 124 Å². The van der Waals surface area contributed by atoms with E-state index in [-0.39, 0.29) is 0 Å². The number of anilines is 1. The van der Waals surface area contributed by atoms with Crippen LogP contribution in [0.4, 0.5) is 5.13 Å². The second kappa shape index (κ2) is 6.10. The fourth-order valence-corrected chi connectivity index (χ4v) is 4.14. The summed E-state index contributed by atoms with van der Waals surface area (Å²) in [4.78, 5) is 21.5. The first-order valence-corrected chi connectivity index (χ1v) is 7.89. The van der Waals surface area contributed by atoms with Crippen molar-refractivity contribution in [1.82, 2.24) is 9.88 Å². The molecule has 20 heavy (non-hydrogen) atoms. The van der Waals surface area contributed by atoms with Gasteiger partial charge in [0, 0.05) is 24.0 Å². The summed E-state index contributed by atoms with van der Waals surface area (Å²) in [7, 11) is 4.12. The third-order valence-corrected chi connectivity index (χ3v) is 4.92. The molecule has 6 heteroatoms. The zero-order chi connectivity index (χ0) is 14.9. The number of carbonyl (C=O) groups is 1. The van der Waals surface area contributed by atoms with Gasteiger partial charge in [-0.25, -0.2) is 4.98 Å². The molecule has 0 saturated heterocycles. The van der Waals surface area contributed by atoms with E-state index in [1.165, 1.54) is 0 Å². The smallest absolute Gasteiger partial charge is 0.312 e. The van der Waals surface area contributed by atoms with E-state index in [9.17, 15) is 9.90 Å². The fraction of sp³-hybridized carbons (Fsp3) is 0.714. The number of thiazole rings is 1. The van der Waals surface area contributed by atoms with Crippen LogP contribution in [0.1, 0.15) is 36.8 Å².